The molecule has 2 aromatic rings. The molecule has 1 saturated heterocycles. The van der Waals surface area contributed by atoms with E-state index in [-0.39, 0.29) is 11.4 Å². The number of hydrogen-bond donors (Lipinski definition) is 1. The quantitative estimate of drug-likeness (QED) is 0.323. The molecule has 9 heteroatoms. The van der Waals surface area contributed by atoms with E-state index in [0.717, 1.165) is 40.5 Å². The molecule has 0 aliphatic carbocycles. The number of thioether (sulfide) groups is 1. The van der Waals surface area contributed by atoms with E-state index in [1.165, 1.54) is 0 Å². The lowest BCUT2D eigenvalue weighted by atomic mass is 10.1. The van der Waals surface area contributed by atoms with Gasteiger partial charge >= 0.3 is 0 Å². The van der Waals surface area contributed by atoms with Crippen molar-refractivity contribution in [2.75, 3.05) is 18.5 Å². The van der Waals surface area contributed by atoms with Gasteiger partial charge in [-0.05, 0) is 119 Å². The highest BCUT2D eigenvalue weighted by Crippen LogP contribution is 2.36. The molecule has 6 nitrogen and oxygen atoms in total. The number of hydrogen-bond acceptors (Lipinski definition) is 5. The van der Waals surface area contributed by atoms with E-state index in [9.17, 15) is 14.4 Å². The zero-order valence-corrected chi connectivity index (χ0v) is 22.3. The number of ether oxygens (including phenoxy) is 1. The first-order valence-electron chi connectivity index (χ1n) is 9.43. The van der Waals surface area contributed by atoms with Gasteiger partial charge in [0.05, 0.1) is 15.1 Å². The normalized spacial score (nSPS) is 15.0. The first-order valence-corrected chi connectivity index (χ1v) is 12.4. The molecule has 162 valence electrons. The highest BCUT2D eigenvalue weighted by Gasteiger charge is 2.36. The SMILES string of the molecule is CCOc1c(I)cc(I)cc1/C=C1/SC(=O)N(CC(=O)Nc2cc(C)cc(C)c2)C1=O. The van der Waals surface area contributed by atoms with Crippen LogP contribution in [0.5, 0.6) is 5.75 Å². The number of aryl methyl sites for hydroxylation is 2. The summed E-state index contributed by atoms with van der Waals surface area (Å²) in [6, 6.07) is 9.55. The molecule has 1 aliphatic rings. The Bertz CT molecular complexity index is 1080. The number of rotatable bonds is 6. The van der Waals surface area contributed by atoms with Crippen LogP contribution in [-0.2, 0) is 9.59 Å². The molecular formula is C22H20I2N2O4S. The van der Waals surface area contributed by atoms with Crippen LogP contribution in [0.4, 0.5) is 10.5 Å². The molecule has 1 heterocycles. The molecule has 0 unspecified atom stereocenters. The first-order chi connectivity index (χ1) is 14.7. The highest BCUT2D eigenvalue weighted by atomic mass is 127. The van der Waals surface area contributed by atoms with Gasteiger partial charge in [0.15, 0.2) is 0 Å². The third-order valence-electron chi connectivity index (χ3n) is 4.29. The summed E-state index contributed by atoms with van der Waals surface area (Å²) in [4.78, 5) is 39.0. The van der Waals surface area contributed by atoms with Gasteiger partial charge in [-0.1, -0.05) is 6.07 Å². The zero-order valence-electron chi connectivity index (χ0n) is 17.1. The van der Waals surface area contributed by atoms with Crippen molar-refractivity contribution in [1.82, 2.24) is 4.90 Å². The minimum Gasteiger partial charge on any atom is -0.492 e. The van der Waals surface area contributed by atoms with Crippen molar-refractivity contribution in [3.63, 3.8) is 0 Å². The smallest absolute Gasteiger partial charge is 0.294 e. The molecule has 3 rings (SSSR count). The van der Waals surface area contributed by atoms with E-state index in [1.807, 2.05) is 51.1 Å². The number of halogens is 2. The lowest BCUT2D eigenvalue weighted by Gasteiger charge is -2.13. The molecule has 0 bridgehead atoms. The Morgan fingerprint density at radius 1 is 1.13 bits per heavy atom. The molecule has 0 spiro atoms. The summed E-state index contributed by atoms with van der Waals surface area (Å²) in [5.74, 6) is -0.239. The van der Waals surface area contributed by atoms with Gasteiger partial charge in [0, 0.05) is 14.8 Å². The number of carbonyl (C=O) groups excluding carboxylic acids is 3. The molecule has 31 heavy (non-hydrogen) atoms. The third-order valence-corrected chi connectivity index (χ3v) is 6.62. The van der Waals surface area contributed by atoms with E-state index < -0.39 is 17.1 Å². The third kappa shape index (κ3) is 6.01. The molecule has 0 atom stereocenters. The number of anilines is 1. The van der Waals surface area contributed by atoms with Gasteiger partial charge in [-0.15, -0.1) is 0 Å². The summed E-state index contributed by atoms with van der Waals surface area (Å²) in [6.07, 6.45) is 1.65. The highest BCUT2D eigenvalue weighted by molar-refractivity contribution is 14.1. The Morgan fingerprint density at radius 2 is 1.81 bits per heavy atom. The Hall–Kier alpha value is -1.60. The van der Waals surface area contributed by atoms with Gasteiger partial charge in [0.2, 0.25) is 5.91 Å². The second kappa shape index (κ2) is 10.3. The molecule has 1 aliphatic heterocycles. The second-order valence-electron chi connectivity index (χ2n) is 6.93. The molecule has 0 radical (unpaired) electrons. The van der Waals surface area contributed by atoms with Gasteiger partial charge in [0.1, 0.15) is 12.3 Å². The molecular weight excluding hydrogens is 642 g/mol. The molecule has 1 N–H and O–H groups in total. The minimum atomic E-state index is -0.484. The van der Waals surface area contributed by atoms with Crippen LogP contribution < -0.4 is 10.1 Å². The molecule has 1 fully saturated rings. The fraction of sp³-hybridized carbons (Fsp3) is 0.227. The Kier molecular flexibility index (Phi) is 8.03. The van der Waals surface area contributed by atoms with Crippen LogP contribution in [0.15, 0.2) is 35.2 Å². The van der Waals surface area contributed by atoms with E-state index in [1.54, 1.807) is 6.08 Å². The maximum absolute atomic E-state index is 12.8. The van der Waals surface area contributed by atoms with E-state index in [4.69, 9.17) is 4.74 Å². The van der Waals surface area contributed by atoms with Crippen LogP contribution in [0, 0.1) is 21.0 Å². The van der Waals surface area contributed by atoms with Crippen molar-refractivity contribution in [3.8, 4) is 5.75 Å². The predicted molar refractivity (Wildman–Crippen MR) is 140 cm³/mol. The average Bonchev–Trinajstić information content (AvgIpc) is 2.91. The summed E-state index contributed by atoms with van der Waals surface area (Å²) in [5.41, 5.74) is 3.39. The van der Waals surface area contributed by atoms with Crippen LogP contribution in [0.1, 0.15) is 23.6 Å². The van der Waals surface area contributed by atoms with Crippen LogP contribution in [0.3, 0.4) is 0 Å². The van der Waals surface area contributed by atoms with Gasteiger partial charge in [0.25, 0.3) is 11.1 Å². The van der Waals surface area contributed by atoms with Gasteiger partial charge in [-0.3, -0.25) is 19.3 Å². The Labute approximate surface area is 212 Å². The van der Waals surface area contributed by atoms with Crippen molar-refractivity contribution in [3.05, 3.63) is 59.1 Å². The topological polar surface area (TPSA) is 75.7 Å². The number of nitrogens with zero attached hydrogens (tertiary/aromatic N) is 1. The Balaban J connectivity index is 1.79. The number of benzene rings is 2. The monoisotopic (exact) mass is 662 g/mol. The number of imide groups is 1. The number of nitrogens with one attached hydrogen (secondary N) is 1. The zero-order chi connectivity index (χ0) is 22.7. The van der Waals surface area contributed by atoms with Crippen LogP contribution in [-0.4, -0.2) is 35.1 Å². The van der Waals surface area contributed by atoms with Crippen molar-refractivity contribution in [2.24, 2.45) is 0 Å². The fourth-order valence-electron chi connectivity index (χ4n) is 3.15. The number of carbonyl (C=O) groups is 3. The lowest BCUT2D eigenvalue weighted by Crippen LogP contribution is -2.36. The summed E-state index contributed by atoms with van der Waals surface area (Å²) in [5, 5.41) is 2.29. The maximum Gasteiger partial charge on any atom is 0.294 e. The molecule has 2 aromatic carbocycles. The summed E-state index contributed by atoms with van der Waals surface area (Å²) in [7, 11) is 0. The van der Waals surface area contributed by atoms with Crippen molar-refractivity contribution in [1.29, 1.82) is 0 Å². The summed E-state index contributed by atoms with van der Waals surface area (Å²) >= 11 is 5.21. The van der Waals surface area contributed by atoms with Crippen LogP contribution >= 0.6 is 56.9 Å². The van der Waals surface area contributed by atoms with Gasteiger partial charge < -0.3 is 10.1 Å². The summed E-state index contributed by atoms with van der Waals surface area (Å²) in [6.45, 7) is 5.91. The predicted octanol–water partition coefficient (Wildman–Crippen LogP) is 5.59. The van der Waals surface area contributed by atoms with Gasteiger partial charge in [-0.2, -0.15) is 0 Å². The molecule has 0 saturated carbocycles. The van der Waals surface area contributed by atoms with E-state index in [2.05, 4.69) is 50.5 Å². The van der Waals surface area contributed by atoms with Crippen LogP contribution in [0.25, 0.3) is 6.08 Å². The lowest BCUT2D eigenvalue weighted by molar-refractivity contribution is -0.127. The standard InChI is InChI=1S/C22H20I2N2O4S/c1-4-30-20-14(8-15(23)10-17(20)24)9-18-21(28)26(22(29)31-18)11-19(27)25-16-6-12(2)5-13(3)7-16/h5-10H,4,11H2,1-3H3,(H,25,27)/b18-9+. The van der Waals surface area contributed by atoms with Crippen molar-refractivity contribution < 1.29 is 19.1 Å². The molecule has 0 aromatic heterocycles. The first kappa shape index (κ1) is 24.1. The average molecular weight is 662 g/mol. The van der Waals surface area contributed by atoms with Gasteiger partial charge in [-0.25, -0.2) is 0 Å². The van der Waals surface area contributed by atoms with Crippen LogP contribution in [0.2, 0.25) is 0 Å². The van der Waals surface area contributed by atoms with E-state index >= 15 is 0 Å². The molecule has 3 amide bonds. The number of amides is 3. The maximum atomic E-state index is 12.8. The minimum absolute atomic E-state index is 0.267. The van der Waals surface area contributed by atoms with Crippen molar-refractivity contribution >= 4 is 85.8 Å². The van der Waals surface area contributed by atoms with Crippen molar-refractivity contribution in [2.45, 2.75) is 20.8 Å². The van der Waals surface area contributed by atoms with E-state index in [0.29, 0.717) is 18.0 Å². The largest absolute Gasteiger partial charge is 0.492 e. The fourth-order valence-corrected chi connectivity index (χ4v) is 6.03. The summed E-state index contributed by atoms with van der Waals surface area (Å²) < 4.78 is 7.64. The Morgan fingerprint density at radius 3 is 2.45 bits per heavy atom. The second-order valence-corrected chi connectivity index (χ2v) is 10.3.